The Balaban J connectivity index is 0. The summed E-state index contributed by atoms with van der Waals surface area (Å²) >= 11 is 0. The Labute approximate surface area is 224 Å². The van der Waals surface area contributed by atoms with Gasteiger partial charge in [0, 0.05) is 0 Å². The maximum atomic E-state index is 2.58. The minimum absolute atomic E-state index is 0. The molecule has 0 heterocycles. The highest BCUT2D eigenvalue weighted by Gasteiger charge is 2.21. The Bertz CT molecular complexity index is 385. The van der Waals surface area contributed by atoms with Crippen LogP contribution in [0.4, 0.5) is 0 Å². The average molecular weight is 502 g/mol. The van der Waals surface area contributed by atoms with Crippen molar-refractivity contribution >= 4 is 0 Å². The average Bonchev–Trinajstić information content (AvgIpc) is 2.79. The van der Waals surface area contributed by atoms with Gasteiger partial charge in [0.2, 0.25) is 0 Å². The fourth-order valence-corrected chi connectivity index (χ4v) is 5.54. The Kier molecular flexibility index (Phi) is 28.2. The van der Waals surface area contributed by atoms with Gasteiger partial charge in [-0.1, -0.05) is 137 Å². The molecule has 208 valence electrons. The van der Waals surface area contributed by atoms with E-state index in [1.807, 2.05) is 0 Å². The zero-order valence-corrected chi connectivity index (χ0v) is 25.7. The quantitative estimate of drug-likeness (QED) is 0.0832. The molecule has 0 N–H and O–H groups in total. The maximum absolute atomic E-state index is 2.58. The molecule has 1 nitrogen and oxygen atoms in total. The molecule has 0 aromatic rings. The van der Waals surface area contributed by atoms with Crippen molar-refractivity contribution in [1.82, 2.24) is 0 Å². The van der Waals surface area contributed by atoms with Gasteiger partial charge in [-0.2, -0.15) is 0 Å². The first-order chi connectivity index (χ1) is 16.0. The van der Waals surface area contributed by atoms with Crippen molar-refractivity contribution in [3.63, 3.8) is 0 Å². The highest BCUT2D eigenvalue weighted by Crippen LogP contribution is 2.20. The summed E-state index contributed by atoms with van der Waals surface area (Å²) in [5, 5.41) is 0. The second-order valence-corrected chi connectivity index (χ2v) is 12.1. The highest BCUT2D eigenvalue weighted by molar-refractivity contribution is 4.57. The molecule has 0 fully saturated rings. The molecule has 0 bridgehead atoms. The van der Waals surface area contributed by atoms with Crippen molar-refractivity contribution in [2.45, 2.75) is 169 Å². The van der Waals surface area contributed by atoms with E-state index < -0.39 is 0 Å². The maximum Gasteiger partial charge on any atom is 0.0787 e. The third-order valence-electron chi connectivity index (χ3n) is 8.19. The van der Waals surface area contributed by atoms with Gasteiger partial charge in [-0.15, -0.1) is 0 Å². The van der Waals surface area contributed by atoms with Crippen LogP contribution < -0.4 is 12.4 Å². The Hall–Kier alpha value is 0.250. The largest absolute Gasteiger partial charge is 1.00 e. The standard InChI is InChI=1S/C32H68N.ClH/c1-7-10-12-13-14-15-16-18-22-28-33(6,30-27-31(4)24-9-3)29-23-19-17-21-26-32(5)25-20-11-8-2;/h31-32H,7-30H2,1-6H3;1H/q+1;/p-1. The fourth-order valence-electron chi connectivity index (χ4n) is 5.54. The summed E-state index contributed by atoms with van der Waals surface area (Å²) in [6.45, 7) is 16.2. The predicted molar refractivity (Wildman–Crippen MR) is 153 cm³/mol. The van der Waals surface area contributed by atoms with Crippen LogP contribution in [0.25, 0.3) is 0 Å². The van der Waals surface area contributed by atoms with E-state index >= 15 is 0 Å². The minimum atomic E-state index is 0. The third kappa shape index (κ3) is 24.0. The number of halogens is 1. The van der Waals surface area contributed by atoms with Gasteiger partial charge in [0.1, 0.15) is 0 Å². The zero-order chi connectivity index (χ0) is 24.6. The molecule has 0 aliphatic heterocycles. The van der Waals surface area contributed by atoms with Gasteiger partial charge < -0.3 is 16.9 Å². The van der Waals surface area contributed by atoms with E-state index in [0.29, 0.717) is 0 Å². The molecule has 2 heteroatoms. The van der Waals surface area contributed by atoms with Crippen LogP contribution in [-0.2, 0) is 0 Å². The first kappa shape index (κ1) is 36.4. The molecular formula is C32H68ClN. The molecule has 0 saturated carbocycles. The van der Waals surface area contributed by atoms with E-state index in [1.54, 1.807) is 0 Å². The van der Waals surface area contributed by atoms with E-state index in [1.165, 1.54) is 159 Å². The molecule has 0 aliphatic carbocycles. The molecule has 0 aromatic heterocycles. The van der Waals surface area contributed by atoms with Gasteiger partial charge in [0.05, 0.1) is 26.7 Å². The van der Waals surface area contributed by atoms with Crippen LogP contribution in [0.5, 0.6) is 0 Å². The lowest BCUT2D eigenvalue weighted by molar-refractivity contribution is -0.910. The van der Waals surface area contributed by atoms with Crippen LogP contribution in [0, 0.1) is 11.8 Å². The van der Waals surface area contributed by atoms with E-state index in [4.69, 9.17) is 0 Å². The van der Waals surface area contributed by atoms with Gasteiger partial charge >= 0.3 is 0 Å². The van der Waals surface area contributed by atoms with Crippen LogP contribution >= 0.6 is 0 Å². The Morgan fingerprint density at radius 2 is 0.794 bits per heavy atom. The third-order valence-corrected chi connectivity index (χ3v) is 8.19. The number of hydrogen-bond donors (Lipinski definition) is 0. The Morgan fingerprint density at radius 3 is 1.29 bits per heavy atom. The molecule has 0 saturated heterocycles. The second-order valence-electron chi connectivity index (χ2n) is 12.1. The van der Waals surface area contributed by atoms with Gasteiger partial charge in [-0.3, -0.25) is 0 Å². The zero-order valence-electron chi connectivity index (χ0n) is 25.0. The van der Waals surface area contributed by atoms with E-state index in [-0.39, 0.29) is 12.4 Å². The number of unbranched alkanes of at least 4 members (excludes halogenated alkanes) is 13. The summed E-state index contributed by atoms with van der Waals surface area (Å²) in [7, 11) is 2.58. The lowest BCUT2D eigenvalue weighted by Crippen LogP contribution is -3.00. The van der Waals surface area contributed by atoms with Crippen LogP contribution in [0.2, 0.25) is 0 Å². The van der Waals surface area contributed by atoms with Crippen LogP contribution in [0.15, 0.2) is 0 Å². The van der Waals surface area contributed by atoms with E-state index in [2.05, 4.69) is 41.7 Å². The number of quaternary nitrogens is 1. The summed E-state index contributed by atoms with van der Waals surface area (Å²) < 4.78 is 1.35. The lowest BCUT2D eigenvalue weighted by atomic mass is 9.96. The number of hydrogen-bond acceptors (Lipinski definition) is 0. The number of nitrogens with zero attached hydrogens (tertiary/aromatic N) is 1. The summed E-state index contributed by atoms with van der Waals surface area (Å²) in [5.41, 5.74) is 0. The summed E-state index contributed by atoms with van der Waals surface area (Å²) in [6, 6.07) is 0. The molecule has 0 radical (unpaired) electrons. The van der Waals surface area contributed by atoms with Crippen molar-refractivity contribution in [2.24, 2.45) is 11.8 Å². The SMILES string of the molecule is CCCCCCCCCCC[N+](C)(CCCCCCC(C)CCCCC)CCC(C)CCC.[Cl-]. The molecule has 0 spiro atoms. The van der Waals surface area contributed by atoms with Crippen molar-refractivity contribution in [3.05, 3.63) is 0 Å². The van der Waals surface area contributed by atoms with Gasteiger partial charge in [0.25, 0.3) is 0 Å². The van der Waals surface area contributed by atoms with Crippen molar-refractivity contribution in [1.29, 1.82) is 0 Å². The highest BCUT2D eigenvalue weighted by atomic mass is 35.5. The van der Waals surface area contributed by atoms with Crippen LogP contribution in [0.3, 0.4) is 0 Å². The monoisotopic (exact) mass is 502 g/mol. The summed E-state index contributed by atoms with van der Waals surface area (Å²) in [4.78, 5) is 0. The first-order valence-corrected chi connectivity index (χ1v) is 15.8. The lowest BCUT2D eigenvalue weighted by Gasteiger charge is -2.36. The second kappa shape index (κ2) is 26.3. The van der Waals surface area contributed by atoms with Gasteiger partial charge in [0.15, 0.2) is 0 Å². The Morgan fingerprint density at radius 1 is 0.412 bits per heavy atom. The first-order valence-electron chi connectivity index (χ1n) is 15.8. The smallest absolute Gasteiger partial charge is 0.0787 e. The van der Waals surface area contributed by atoms with Gasteiger partial charge in [-0.25, -0.2) is 0 Å². The van der Waals surface area contributed by atoms with Crippen LogP contribution in [0.1, 0.15) is 169 Å². The van der Waals surface area contributed by atoms with Crippen molar-refractivity contribution in [3.8, 4) is 0 Å². The fraction of sp³-hybridized carbons (Fsp3) is 1.00. The van der Waals surface area contributed by atoms with Crippen molar-refractivity contribution < 1.29 is 16.9 Å². The summed E-state index contributed by atoms with van der Waals surface area (Å²) in [5.74, 6) is 1.86. The van der Waals surface area contributed by atoms with E-state index in [9.17, 15) is 0 Å². The van der Waals surface area contributed by atoms with Crippen LogP contribution in [-0.4, -0.2) is 31.2 Å². The predicted octanol–water partition coefficient (Wildman–Crippen LogP) is 7.96. The number of rotatable bonds is 26. The molecule has 3 unspecified atom stereocenters. The summed E-state index contributed by atoms with van der Waals surface area (Å²) in [6.07, 6.45) is 30.2. The molecule has 3 atom stereocenters. The normalized spacial score (nSPS) is 15.0. The minimum Gasteiger partial charge on any atom is -1.00 e. The molecule has 0 rings (SSSR count). The molecule has 0 aliphatic rings. The molecular weight excluding hydrogens is 434 g/mol. The van der Waals surface area contributed by atoms with E-state index in [0.717, 1.165) is 11.8 Å². The van der Waals surface area contributed by atoms with Crippen molar-refractivity contribution in [2.75, 3.05) is 26.7 Å². The van der Waals surface area contributed by atoms with Gasteiger partial charge in [-0.05, 0) is 43.9 Å². The molecule has 0 aromatic carbocycles. The molecule has 34 heavy (non-hydrogen) atoms. The molecule has 0 amide bonds. The topological polar surface area (TPSA) is 0 Å².